The molecule has 4 aromatic carbocycles. The van der Waals surface area contributed by atoms with Gasteiger partial charge in [0.2, 0.25) is 0 Å². The molecule has 0 fully saturated rings. The molecule has 5 aromatic rings. The summed E-state index contributed by atoms with van der Waals surface area (Å²) in [6.45, 7) is 7.70. The third-order valence-corrected chi connectivity index (χ3v) is 8.23. The fourth-order valence-corrected chi connectivity index (χ4v) is 5.67. The Labute approximate surface area is 296 Å². The van der Waals surface area contributed by atoms with Gasteiger partial charge in [0, 0.05) is 42.2 Å². The minimum atomic E-state index is -0.879. The van der Waals surface area contributed by atoms with Crippen molar-refractivity contribution in [2.24, 2.45) is 5.92 Å². The number of nitrogens with one attached hydrogen (secondary N) is 1. The first-order chi connectivity index (χ1) is 24.4. The molecule has 0 amide bonds. The number of carbonyl (C=O) groups excluding carboxylic acids is 2. The van der Waals surface area contributed by atoms with Crippen LogP contribution in [0.4, 0.5) is 5.69 Å². The number of hydrogen-bond donors (Lipinski definition) is 2. The first-order valence-electron chi connectivity index (χ1n) is 16.8. The van der Waals surface area contributed by atoms with Crippen LogP contribution in [0.15, 0.2) is 109 Å². The number of nitro benzene ring substituents is 1. The van der Waals surface area contributed by atoms with E-state index in [0.717, 1.165) is 27.6 Å². The second-order valence-corrected chi connectivity index (χ2v) is 13.4. The van der Waals surface area contributed by atoms with E-state index in [1.54, 1.807) is 25.1 Å². The zero-order chi connectivity index (χ0) is 36.5. The number of ether oxygens (including phenoxy) is 3. The maximum atomic E-state index is 13.6. The van der Waals surface area contributed by atoms with Gasteiger partial charge in [0.05, 0.1) is 10.8 Å². The third-order valence-electron chi connectivity index (χ3n) is 8.23. The van der Waals surface area contributed by atoms with E-state index in [1.807, 2.05) is 104 Å². The van der Waals surface area contributed by atoms with Crippen LogP contribution in [0, 0.1) is 16.0 Å². The number of aliphatic hydroxyl groups excluding tert-OH is 1. The van der Waals surface area contributed by atoms with Crippen LogP contribution in [0.1, 0.15) is 60.9 Å². The lowest BCUT2D eigenvalue weighted by Crippen LogP contribution is -2.40. The highest BCUT2D eigenvalue weighted by Gasteiger charge is 2.31. The van der Waals surface area contributed by atoms with Crippen molar-refractivity contribution in [2.45, 2.75) is 58.6 Å². The van der Waals surface area contributed by atoms with Gasteiger partial charge < -0.3 is 29.2 Å². The maximum absolute atomic E-state index is 13.6. The molecule has 2 N–H and O–H groups in total. The summed E-state index contributed by atoms with van der Waals surface area (Å²) in [6, 6.07) is 31.6. The lowest BCUT2D eigenvalue weighted by Gasteiger charge is -2.29. The summed E-state index contributed by atoms with van der Waals surface area (Å²) in [5.41, 5.74) is 2.63. The first-order valence-corrected chi connectivity index (χ1v) is 16.8. The number of nitro groups is 1. The molecule has 0 saturated heterocycles. The Morgan fingerprint density at radius 1 is 0.902 bits per heavy atom. The highest BCUT2D eigenvalue weighted by molar-refractivity contribution is 5.96. The smallest absolute Gasteiger partial charge is 0.355 e. The van der Waals surface area contributed by atoms with Crippen LogP contribution in [0.5, 0.6) is 5.75 Å². The molecule has 51 heavy (non-hydrogen) atoms. The van der Waals surface area contributed by atoms with Crippen LogP contribution in [-0.4, -0.2) is 51.4 Å². The van der Waals surface area contributed by atoms with E-state index in [0.29, 0.717) is 11.4 Å². The minimum Gasteiger partial charge on any atom is -0.491 e. The summed E-state index contributed by atoms with van der Waals surface area (Å²) >= 11 is 0. The van der Waals surface area contributed by atoms with Gasteiger partial charge in [0.25, 0.3) is 5.69 Å². The Morgan fingerprint density at radius 2 is 1.57 bits per heavy atom. The van der Waals surface area contributed by atoms with Crippen molar-refractivity contribution in [2.75, 3.05) is 13.2 Å². The molecule has 0 aliphatic carbocycles. The summed E-state index contributed by atoms with van der Waals surface area (Å²) < 4.78 is 19.0. The Kier molecular flexibility index (Phi) is 11.9. The summed E-state index contributed by atoms with van der Waals surface area (Å²) in [5, 5.41) is 26.1. The van der Waals surface area contributed by atoms with Crippen molar-refractivity contribution >= 4 is 28.5 Å². The van der Waals surface area contributed by atoms with E-state index < -0.39 is 40.5 Å². The summed E-state index contributed by atoms with van der Waals surface area (Å²) in [5.74, 6) is -0.952. The second kappa shape index (κ2) is 16.5. The van der Waals surface area contributed by atoms with Gasteiger partial charge in [-0.15, -0.1) is 0 Å². The molecule has 3 atom stereocenters. The van der Waals surface area contributed by atoms with Crippen LogP contribution in [-0.2, 0) is 27.4 Å². The molecule has 11 nitrogen and oxygen atoms in total. The van der Waals surface area contributed by atoms with Crippen molar-refractivity contribution in [1.29, 1.82) is 0 Å². The Balaban J connectivity index is 1.46. The van der Waals surface area contributed by atoms with Gasteiger partial charge in [-0.2, -0.15) is 0 Å². The molecule has 266 valence electrons. The predicted octanol–water partition coefficient (Wildman–Crippen LogP) is 7.00. The maximum Gasteiger partial charge on any atom is 0.355 e. The quantitative estimate of drug-likeness (QED) is 0.0673. The number of aliphatic hydroxyl groups is 1. The van der Waals surface area contributed by atoms with E-state index in [1.165, 1.54) is 12.1 Å². The molecular formula is C40H43N3O8. The molecule has 3 unspecified atom stereocenters. The van der Waals surface area contributed by atoms with Crippen molar-refractivity contribution in [3.8, 4) is 5.75 Å². The molecule has 5 rings (SSSR count). The van der Waals surface area contributed by atoms with Gasteiger partial charge in [-0.05, 0) is 67.8 Å². The van der Waals surface area contributed by atoms with Gasteiger partial charge in [-0.3, -0.25) is 14.9 Å². The van der Waals surface area contributed by atoms with E-state index in [9.17, 15) is 24.8 Å². The first kappa shape index (κ1) is 36.8. The SMILES string of the molecule is CC(C(=O)OC(C)(C)C)C(NCC(O)COc1ccccc1)c1ccc2c(c1)cc(C(=O)OCc1ccccc1)n2Cc1ccc([N+](=O)[O-])cc1. The molecule has 0 spiro atoms. The van der Waals surface area contributed by atoms with Crippen LogP contribution in [0.25, 0.3) is 10.9 Å². The zero-order valence-corrected chi connectivity index (χ0v) is 29.2. The largest absolute Gasteiger partial charge is 0.491 e. The number of non-ortho nitro benzene ring substituents is 1. The topological polar surface area (TPSA) is 142 Å². The number of nitrogens with zero attached hydrogens (tertiary/aromatic N) is 2. The van der Waals surface area contributed by atoms with Crippen molar-refractivity contribution in [3.05, 3.63) is 142 Å². The number of fused-ring (bicyclic) bond motifs is 1. The Morgan fingerprint density at radius 3 is 2.22 bits per heavy atom. The monoisotopic (exact) mass is 693 g/mol. The van der Waals surface area contributed by atoms with E-state index in [4.69, 9.17) is 14.2 Å². The lowest BCUT2D eigenvalue weighted by atomic mass is 9.93. The normalized spacial score (nSPS) is 13.3. The molecule has 0 saturated carbocycles. The van der Waals surface area contributed by atoms with E-state index in [-0.39, 0.29) is 32.0 Å². The van der Waals surface area contributed by atoms with Crippen molar-refractivity contribution in [1.82, 2.24) is 9.88 Å². The summed E-state index contributed by atoms with van der Waals surface area (Å²) in [7, 11) is 0. The number of para-hydroxylation sites is 1. The molecular weight excluding hydrogens is 650 g/mol. The highest BCUT2D eigenvalue weighted by Crippen LogP contribution is 2.31. The lowest BCUT2D eigenvalue weighted by molar-refractivity contribution is -0.384. The fraction of sp³-hybridized carbons (Fsp3) is 0.300. The Hall–Kier alpha value is -5.52. The standard InChI is InChI=1S/C40H43N3O8/c1-27(38(45)51-40(2,3)4)37(41-23-33(44)26-49-34-13-9-6-10-14-34)30-17-20-35-31(21-30)22-36(39(46)50-25-29-11-7-5-8-12-29)42(35)24-28-15-18-32(19-16-28)43(47)48/h5-22,27,33,37,41,44H,23-26H2,1-4H3. The van der Waals surface area contributed by atoms with Gasteiger partial charge in [0.15, 0.2) is 0 Å². The molecule has 1 aromatic heterocycles. The van der Waals surface area contributed by atoms with Gasteiger partial charge in [0.1, 0.15) is 36.4 Å². The van der Waals surface area contributed by atoms with Crippen LogP contribution < -0.4 is 10.1 Å². The van der Waals surface area contributed by atoms with Gasteiger partial charge in [-0.25, -0.2) is 4.79 Å². The van der Waals surface area contributed by atoms with Gasteiger partial charge in [-0.1, -0.05) is 73.7 Å². The predicted molar refractivity (Wildman–Crippen MR) is 193 cm³/mol. The number of aromatic nitrogens is 1. The molecule has 1 heterocycles. The number of hydrogen-bond acceptors (Lipinski definition) is 9. The van der Waals surface area contributed by atoms with Crippen LogP contribution in [0.2, 0.25) is 0 Å². The average Bonchev–Trinajstić information content (AvgIpc) is 3.47. The average molecular weight is 694 g/mol. The molecule has 0 radical (unpaired) electrons. The number of esters is 2. The molecule has 0 aliphatic rings. The summed E-state index contributed by atoms with van der Waals surface area (Å²) in [4.78, 5) is 37.7. The van der Waals surface area contributed by atoms with Crippen LogP contribution in [0.3, 0.4) is 0 Å². The zero-order valence-electron chi connectivity index (χ0n) is 29.2. The number of carbonyl (C=O) groups is 2. The van der Waals surface area contributed by atoms with Gasteiger partial charge >= 0.3 is 11.9 Å². The molecule has 0 aliphatic heterocycles. The Bertz CT molecular complexity index is 1940. The number of rotatable bonds is 15. The van der Waals surface area contributed by atoms with Crippen molar-refractivity contribution < 1.29 is 33.8 Å². The van der Waals surface area contributed by atoms with E-state index >= 15 is 0 Å². The van der Waals surface area contributed by atoms with Crippen LogP contribution >= 0.6 is 0 Å². The molecule has 11 heteroatoms. The summed E-state index contributed by atoms with van der Waals surface area (Å²) in [6.07, 6.45) is -0.879. The highest BCUT2D eigenvalue weighted by atomic mass is 16.6. The van der Waals surface area contributed by atoms with E-state index in [2.05, 4.69) is 5.32 Å². The van der Waals surface area contributed by atoms with Crippen molar-refractivity contribution in [3.63, 3.8) is 0 Å². The second-order valence-electron chi connectivity index (χ2n) is 13.4. The fourth-order valence-electron chi connectivity index (χ4n) is 5.67. The molecule has 0 bridgehead atoms. The minimum absolute atomic E-state index is 0.0300. The third kappa shape index (κ3) is 10.0. The number of benzene rings is 4.